The lowest BCUT2D eigenvalue weighted by atomic mass is 10.1. The van der Waals surface area contributed by atoms with Gasteiger partial charge in [0.15, 0.2) is 0 Å². The maximum absolute atomic E-state index is 11.4. The summed E-state index contributed by atoms with van der Waals surface area (Å²) >= 11 is 0. The molecular weight excluding hydrogens is 440 g/mol. The van der Waals surface area contributed by atoms with E-state index in [1.807, 2.05) is 13.0 Å². The molecule has 0 saturated carbocycles. The second-order valence-electron chi connectivity index (χ2n) is 8.36. The van der Waals surface area contributed by atoms with Gasteiger partial charge in [-0.15, -0.1) is 0 Å². The SMILES string of the molecule is CCCc1ccc(CN(CCN(CC(=O)O)Cc2ccc(CCO)cc2O)CC(=O)O)c(O)c1. The lowest BCUT2D eigenvalue weighted by molar-refractivity contribution is -0.140. The number of rotatable bonds is 15. The molecule has 0 atom stereocenters. The van der Waals surface area contributed by atoms with Gasteiger partial charge in [-0.05, 0) is 36.1 Å². The molecule has 2 rings (SSSR count). The van der Waals surface area contributed by atoms with E-state index in [4.69, 9.17) is 5.11 Å². The van der Waals surface area contributed by atoms with Gasteiger partial charge in [0.1, 0.15) is 11.5 Å². The van der Waals surface area contributed by atoms with E-state index in [1.54, 1.807) is 40.1 Å². The number of carbonyl (C=O) groups is 2. The first-order valence-electron chi connectivity index (χ1n) is 11.3. The lowest BCUT2D eigenvalue weighted by Gasteiger charge is -2.26. The molecule has 0 fully saturated rings. The number of hydrogen-bond acceptors (Lipinski definition) is 7. The predicted octanol–water partition coefficient (Wildman–Crippen LogP) is 2.06. The summed E-state index contributed by atoms with van der Waals surface area (Å²) in [6.07, 6.45) is 2.19. The van der Waals surface area contributed by atoms with E-state index < -0.39 is 11.9 Å². The minimum atomic E-state index is -1.04. The van der Waals surface area contributed by atoms with Crippen molar-refractivity contribution < 1.29 is 35.1 Å². The third-order valence-corrected chi connectivity index (χ3v) is 5.48. The zero-order valence-corrected chi connectivity index (χ0v) is 19.5. The van der Waals surface area contributed by atoms with E-state index in [2.05, 4.69) is 0 Å². The van der Waals surface area contributed by atoms with Crippen molar-refractivity contribution in [2.75, 3.05) is 32.8 Å². The first-order valence-corrected chi connectivity index (χ1v) is 11.3. The quantitative estimate of drug-likeness (QED) is 0.262. The molecule has 2 aromatic rings. The zero-order chi connectivity index (χ0) is 25.1. The van der Waals surface area contributed by atoms with E-state index in [9.17, 15) is 30.0 Å². The first-order chi connectivity index (χ1) is 16.2. The Morgan fingerprint density at radius 1 is 0.765 bits per heavy atom. The van der Waals surface area contributed by atoms with Crippen molar-refractivity contribution in [2.45, 2.75) is 39.3 Å². The highest BCUT2D eigenvalue weighted by atomic mass is 16.4. The molecule has 0 aliphatic carbocycles. The number of phenolic OH excluding ortho intramolecular Hbond substituents is 2. The van der Waals surface area contributed by atoms with Gasteiger partial charge in [0, 0.05) is 43.9 Å². The summed E-state index contributed by atoms with van der Waals surface area (Å²) in [5.41, 5.74) is 2.91. The molecule has 0 saturated heterocycles. The molecule has 9 heteroatoms. The van der Waals surface area contributed by atoms with Crippen molar-refractivity contribution in [2.24, 2.45) is 0 Å². The summed E-state index contributed by atoms with van der Waals surface area (Å²) < 4.78 is 0. The summed E-state index contributed by atoms with van der Waals surface area (Å²) in [4.78, 5) is 26.0. The van der Waals surface area contributed by atoms with E-state index in [0.717, 1.165) is 24.0 Å². The Morgan fingerprint density at radius 3 is 1.56 bits per heavy atom. The molecular formula is C25H34N2O7. The zero-order valence-electron chi connectivity index (χ0n) is 19.5. The van der Waals surface area contributed by atoms with Gasteiger partial charge in [-0.1, -0.05) is 37.6 Å². The molecule has 0 unspecified atom stereocenters. The topological polar surface area (TPSA) is 142 Å². The van der Waals surface area contributed by atoms with Crippen molar-refractivity contribution in [1.29, 1.82) is 0 Å². The number of carboxylic acid groups (broad SMARTS) is 2. The Balaban J connectivity index is 2.11. The van der Waals surface area contributed by atoms with Crippen LogP contribution in [0, 0.1) is 0 Å². The fourth-order valence-electron chi connectivity index (χ4n) is 3.79. The maximum Gasteiger partial charge on any atom is 0.317 e. The number of hydrogen-bond donors (Lipinski definition) is 5. The molecule has 0 amide bonds. The van der Waals surface area contributed by atoms with Gasteiger partial charge in [0.25, 0.3) is 0 Å². The molecule has 0 bridgehead atoms. The second kappa shape index (κ2) is 13.5. The first kappa shape index (κ1) is 27.1. The van der Waals surface area contributed by atoms with Crippen LogP contribution in [0.3, 0.4) is 0 Å². The van der Waals surface area contributed by atoms with Gasteiger partial charge in [0.05, 0.1) is 13.1 Å². The summed E-state index contributed by atoms with van der Waals surface area (Å²) in [5, 5.41) is 48.4. The smallest absolute Gasteiger partial charge is 0.317 e. The van der Waals surface area contributed by atoms with Gasteiger partial charge in [-0.3, -0.25) is 19.4 Å². The van der Waals surface area contributed by atoms with Gasteiger partial charge >= 0.3 is 11.9 Å². The van der Waals surface area contributed by atoms with Crippen LogP contribution < -0.4 is 0 Å². The van der Waals surface area contributed by atoms with Crippen LogP contribution in [0.1, 0.15) is 35.6 Å². The number of carboxylic acids is 2. The van der Waals surface area contributed by atoms with Crippen molar-refractivity contribution in [3.05, 3.63) is 58.7 Å². The normalized spacial score (nSPS) is 11.3. The molecule has 2 aromatic carbocycles. The molecule has 0 heterocycles. The largest absolute Gasteiger partial charge is 0.508 e. The number of benzene rings is 2. The monoisotopic (exact) mass is 474 g/mol. The lowest BCUT2D eigenvalue weighted by Crippen LogP contribution is -2.39. The standard InChI is InChI=1S/C25H34N2O7/c1-2-3-18-4-6-20(22(29)12-18)14-26(16-24(31)32)9-10-27(17-25(33)34)15-21-7-5-19(8-11-28)13-23(21)30/h4-7,12-13,28-30H,2-3,8-11,14-17H2,1H3,(H,31,32)(H,33,34). The maximum atomic E-state index is 11.4. The Bertz CT molecular complexity index is 887. The van der Waals surface area contributed by atoms with Crippen molar-refractivity contribution >= 4 is 11.9 Å². The fraction of sp³-hybridized carbons (Fsp3) is 0.440. The van der Waals surface area contributed by atoms with Crippen LogP contribution >= 0.6 is 0 Å². The van der Waals surface area contributed by atoms with Crippen LogP contribution in [-0.4, -0.2) is 80.1 Å². The van der Waals surface area contributed by atoms with Crippen LogP contribution in [0.5, 0.6) is 11.5 Å². The summed E-state index contributed by atoms with van der Waals surface area (Å²) in [7, 11) is 0. The number of aliphatic carboxylic acids is 2. The Morgan fingerprint density at radius 2 is 1.21 bits per heavy atom. The molecule has 186 valence electrons. The van der Waals surface area contributed by atoms with E-state index in [1.165, 1.54) is 0 Å². The molecule has 0 aliphatic heterocycles. The molecule has 5 N–H and O–H groups in total. The van der Waals surface area contributed by atoms with Gasteiger partial charge < -0.3 is 25.5 Å². The highest BCUT2D eigenvalue weighted by molar-refractivity contribution is 5.69. The highest BCUT2D eigenvalue weighted by Crippen LogP contribution is 2.23. The van der Waals surface area contributed by atoms with Crippen LogP contribution in [0.15, 0.2) is 36.4 Å². The Labute approximate surface area is 199 Å². The molecule has 0 aromatic heterocycles. The fourth-order valence-corrected chi connectivity index (χ4v) is 3.79. The predicted molar refractivity (Wildman–Crippen MR) is 127 cm³/mol. The van der Waals surface area contributed by atoms with Crippen molar-refractivity contribution in [3.8, 4) is 11.5 Å². The molecule has 9 nitrogen and oxygen atoms in total. The van der Waals surface area contributed by atoms with Crippen LogP contribution in [0.4, 0.5) is 0 Å². The van der Waals surface area contributed by atoms with E-state index in [0.29, 0.717) is 17.5 Å². The summed E-state index contributed by atoms with van der Waals surface area (Å²) in [6.45, 7) is 2.31. The molecule has 34 heavy (non-hydrogen) atoms. The highest BCUT2D eigenvalue weighted by Gasteiger charge is 2.18. The van der Waals surface area contributed by atoms with Crippen LogP contribution in [0.25, 0.3) is 0 Å². The summed E-state index contributed by atoms with van der Waals surface area (Å²) in [6, 6.07) is 10.4. The Kier molecular flexibility index (Phi) is 10.8. The Hall–Kier alpha value is -3.14. The average Bonchev–Trinajstić information content (AvgIpc) is 2.75. The third kappa shape index (κ3) is 9.01. The summed E-state index contributed by atoms with van der Waals surface area (Å²) in [5.74, 6) is -1.94. The number of aromatic hydroxyl groups is 2. The minimum absolute atomic E-state index is 0.0147. The van der Waals surface area contributed by atoms with Crippen molar-refractivity contribution in [3.63, 3.8) is 0 Å². The minimum Gasteiger partial charge on any atom is -0.508 e. The number of aliphatic hydroxyl groups is 1. The third-order valence-electron chi connectivity index (χ3n) is 5.48. The van der Waals surface area contributed by atoms with Crippen LogP contribution in [0.2, 0.25) is 0 Å². The number of aliphatic hydroxyl groups excluding tert-OH is 1. The van der Waals surface area contributed by atoms with Crippen molar-refractivity contribution in [1.82, 2.24) is 9.80 Å². The number of phenols is 2. The number of aryl methyl sites for hydroxylation is 1. The van der Waals surface area contributed by atoms with Gasteiger partial charge in [0.2, 0.25) is 0 Å². The van der Waals surface area contributed by atoms with E-state index in [-0.39, 0.29) is 57.4 Å². The second-order valence-corrected chi connectivity index (χ2v) is 8.36. The van der Waals surface area contributed by atoms with E-state index >= 15 is 0 Å². The van der Waals surface area contributed by atoms with Crippen LogP contribution in [-0.2, 0) is 35.5 Å². The van der Waals surface area contributed by atoms with Gasteiger partial charge in [-0.2, -0.15) is 0 Å². The molecule has 0 aliphatic rings. The van der Waals surface area contributed by atoms with Gasteiger partial charge in [-0.25, -0.2) is 0 Å². The molecule has 0 radical (unpaired) electrons. The average molecular weight is 475 g/mol. The molecule has 0 spiro atoms. The number of nitrogens with zero attached hydrogens (tertiary/aromatic N) is 2.